The van der Waals surface area contributed by atoms with Gasteiger partial charge in [0.05, 0.1) is 24.2 Å². The van der Waals surface area contributed by atoms with E-state index in [2.05, 4.69) is 10.2 Å². The molecule has 0 radical (unpaired) electrons. The van der Waals surface area contributed by atoms with Crippen molar-refractivity contribution in [3.63, 3.8) is 0 Å². The predicted molar refractivity (Wildman–Crippen MR) is 76.7 cm³/mol. The number of ether oxygens (including phenoxy) is 1. The van der Waals surface area contributed by atoms with Crippen LogP contribution in [-0.2, 0) is 0 Å². The van der Waals surface area contributed by atoms with Gasteiger partial charge >= 0.3 is 0 Å². The summed E-state index contributed by atoms with van der Waals surface area (Å²) in [6.45, 7) is 3.87. The summed E-state index contributed by atoms with van der Waals surface area (Å²) in [6.07, 6.45) is 0. The highest BCUT2D eigenvalue weighted by molar-refractivity contribution is 6.37. The molecule has 0 aliphatic carbocycles. The molecule has 1 heterocycles. The number of nitrogens with zero attached hydrogens (tertiary/aromatic N) is 1. The van der Waals surface area contributed by atoms with Crippen LogP contribution in [0.4, 0.5) is 0 Å². The molecule has 1 aliphatic heterocycles. The average molecular weight is 303 g/mol. The normalized spacial score (nSPS) is 16.4. The second-order valence-electron chi connectivity index (χ2n) is 4.41. The van der Waals surface area contributed by atoms with Crippen LogP contribution in [0.3, 0.4) is 0 Å². The largest absolute Gasteiger partial charge is 0.496 e. The van der Waals surface area contributed by atoms with Crippen molar-refractivity contribution in [2.24, 2.45) is 0 Å². The van der Waals surface area contributed by atoms with Crippen LogP contribution in [0.15, 0.2) is 12.1 Å². The maximum Gasteiger partial charge on any atom is 0.182 e. The number of hydrogen-bond donors (Lipinski definition) is 1. The number of benzene rings is 1. The molecule has 4 nitrogen and oxygen atoms in total. The Hall–Kier alpha value is -0.810. The minimum atomic E-state index is -0.0413. The number of carbonyl (C=O) groups is 1. The summed E-state index contributed by atoms with van der Waals surface area (Å²) < 4.78 is 5.20. The van der Waals surface area contributed by atoms with Crippen molar-refractivity contribution in [3.8, 4) is 5.75 Å². The number of carbonyl (C=O) groups excluding carboxylic acids is 1. The van der Waals surface area contributed by atoms with Crippen molar-refractivity contribution >= 4 is 29.0 Å². The summed E-state index contributed by atoms with van der Waals surface area (Å²) >= 11 is 12.0. The first-order valence-electron chi connectivity index (χ1n) is 6.11. The van der Waals surface area contributed by atoms with Gasteiger partial charge in [-0.15, -0.1) is 0 Å². The zero-order valence-corrected chi connectivity index (χ0v) is 12.2. The van der Waals surface area contributed by atoms with E-state index in [1.165, 1.54) is 7.11 Å². The predicted octanol–water partition coefficient (Wildman–Crippen LogP) is 2.09. The minimum Gasteiger partial charge on any atom is -0.496 e. The van der Waals surface area contributed by atoms with Gasteiger partial charge in [-0.1, -0.05) is 23.2 Å². The van der Waals surface area contributed by atoms with Crippen molar-refractivity contribution in [1.29, 1.82) is 0 Å². The molecule has 6 heteroatoms. The Morgan fingerprint density at radius 2 is 2.05 bits per heavy atom. The molecule has 0 spiro atoms. The fourth-order valence-corrected chi connectivity index (χ4v) is 2.71. The van der Waals surface area contributed by atoms with Crippen molar-refractivity contribution < 1.29 is 9.53 Å². The maximum atomic E-state index is 12.4. The summed E-state index contributed by atoms with van der Waals surface area (Å²) in [7, 11) is 1.50. The first-order chi connectivity index (χ1) is 9.11. The van der Waals surface area contributed by atoms with Crippen molar-refractivity contribution in [2.45, 2.75) is 0 Å². The third-order valence-electron chi connectivity index (χ3n) is 3.09. The lowest BCUT2D eigenvalue weighted by molar-refractivity contribution is 0.0918. The Labute approximate surface area is 122 Å². The lowest BCUT2D eigenvalue weighted by Gasteiger charge is -2.26. The standard InChI is InChI=1S/C13H16Cl2N2O2/c1-19-12-7-9(14)6-10(15)13(12)11(18)8-17-4-2-16-3-5-17/h6-7,16H,2-5,8H2,1H3. The number of methoxy groups -OCH3 is 1. The van der Waals surface area contributed by atoms with E-state index in [0.717, 1.165) is 26.2 Å². The summed E-state index contributed by atoms with van der Waals surface area (Å²) in [5.74, 6) is 0.387. The number of piperazine rings is 1. The lowest BCUT2D eigenvalue weighted by Crippen LogP contribution is -2.45. The van der Waals surface area contributed by atoms with E-state index < -0.39 is 0 Å². The molecule has 0 aromatic heterocycles. The molecule has 1 fully saturated rings. The molecule has 1 aromatic rings. The number of hydrogen-bond acceptors (Lipinski definition) is 4. The molecule has 19 heavy (non-hydrogen) atoms. The monoisotopic (exact) mass is 302 g/mol. The molecule has 1 saturated heterocycles. The first kappa shape index (κ1) is 14.6. The molecule has 0 amide bonds. The SMILES string of the molecule is COc1cc(Cl)cc(Cl)c1C(=O)CN1CCNCC1. The number of Topliss-reactive ketones (excluding diaryl/α,β-unsaturated/α-hetero) is 1. The van der Waals surface area contributed by atoms with Gasteiger partial charge in [-0.25, -0.2) is 0 Å². The fraction of sp³-hybridized carbons (Fsp3) is 0.462. The Bertz CT molecular complexity index is 474. The molecule has 1 aliphatic rings. The van der Waals surface area contributed by atoms with E-state index in [9.17, 15) is 4.79 Å². The molecule has 0 saturated carbocycles. The quantitative estimate of drug-likeness (QED) is 0.865. The zero-order valence-electron chi connectivity index (χ0n) is 10.7. The van der Waals surface area contributed by atoms with Gasteiger partial charge in [-0.3, -0.25) is 9.69 Å². The van der Waals surface area contributed by atoms with Crippen LogP contribution in [0.25, 0.3) is 0 Å². The van der Waals surface area contributed by atoms with Gasteiger partial charge in [0.2, 0.25) is 0 Å². The van der Waals surface area contributed by atoms with Gasteiger partial charge in [0.15, 0.2) is 5.78 Å². The molecule has 2 rings (SSSR count). The van der Waals surface area contributed by atoms with Crippen LogP contribution >= 0.6 is 23.2 Å². The highest BCUT2D eigenvalue weighted by atomic mass is 35.5. The topological polar surface area (TPSA) is 41.6 Å². The number of ketones is 1. The summed E-state index contributed by atoms with van der Waals surface area (Å²) in [5, 5.41) is 4.04. The third kappa shape index (κ3) is 3.60. The third-order valence-corrected chi connectivity index (χ3v) is 3.61. The van der Waals surface area contributed by atoms with Gasteiger partial charge in [-0.05, 0) is 12.1 Å². The molecular weight excluding hydrogens is 287 g/mol. The van der Waals surface area contributed by atoms with E-state index >= 15 is 0 Å². The van der Waals surface area contributed by atoms with E-state index in [4.69, 9.17) is 27.9 Å². The van der Waals surface area contributed by atoms with Crippen LogP contribution in [0, 0.1) is 0 Å². The Morgan fingerprint density at radius 3 is 2.68 bits per heavy atom. The Balaban J connectivity index is 2.18. The second kappa shape index (κ2) is 6.57. The van der Waals surface area contributed by atoms with Crippen LogP contribution < -0.4 is 10.1 Å². The molecule has 0 bridgehead atoms. The van der Waals surface area contributed by atoms with E-state index in [-0.39, 0.29) is 5.78 Å². The van der Waals surface area contributed by atoms with Gasteiger partial charge in [0.25, 0.3) is 0 Å². The zero-order chi connectivity index (χ0) is 13.8. The van der Waals surface area contributed by atoms with Crippen LogP contribution in [0.2, 0.25) is 10.0 Å². The molecule has 1 N–H and O–H groups in total. The highest BCUT2D eigenvalue weighted by Crippen LogP contribution is 2.31. The summed E-state index contributed by atoms with van der Waals surface area (Å²) in [6, 6.07) is 3.18. The van der Waals surface area contributed by atoms with Crippen LogP contribution in [0.5, 0.6) is 5.75 Å². The minimum absolute atomic E-state index is 0.0413. The molecular formula is C13H16Cl2N2O2. The lowest BCUT2D eigenvalue weighted by atomic mass is 10.1. The van der Waals surface area contributed by atoms with Gasteiger partial charge in [0, 0.05) is 31.2 Å². The van der Waals surface area contributed by atoms with Crippen LogP contribution in [0.1, 0.15) is 10.4 Å². The fourth-order valence-electron chi connectivity index (χ4n) is 2.13. The van der Waals surface area contributed by atoms with Crippen molar-refractivity contribution in [2.75, 3.05) is 39.8 Å². The van der Waals surface area contributed by atoms with Crippen molar-refractivity contribution in [1.82, 2.24) is 10.2 Å². The Kier molecular flexibility index (Phi) is 5.05. The number of nitrogens with one attached hydrogen (secondary N) is 1. The summed E-state index contributed by atoms with van der Waals surface area (Å²) in [5.41, 5.74) is 0.409. The first-order valence-corrected chi connectivity index (χ1v) is 6.86. The number of rotatable bonds is 4. The average Bonchev–Trinajstić information content (AvgIpc) is 2.38. The molecule has 0 unspecified atom stereocenters. The molecule has 1 aromatic carbocycles. The van der Waals surface area contributed by atoms with Crippen LogP contribution in [-0.4, -0.2) is 50.5 Å². The van der Waals surface area contributed by atoms with Crippen molar-refractivity contribution in [3.05, 3.63) is 27.7 Å². The highest BCUT2D eigenvalue weighted by Gasteiger charge is 2.21. The van der Waals surface area contributed by atoms with Gasteiger partial charge in [0.1, 0.15) is 5.75 Å². The second-order valence-corrected chi connectivity index (χ2v) is 5.26. The van der Waals surface area contributed by atoms with E-state index in [0.29, 0.717) is 27.9 Å². The van der Waals surface area contributed by atoms with Gasteiger partial charge < -0.3 is 10.1 Å². The number of halogens is 2. The molecule has 104 valence electrons. The molecule has 0 atom stereocenters. The van der Waals surface area contributed by atoms with E-state index in [1.807, 2.05) is 0 Å². The summed E-state index contributed by atoms with van der Waals surface area (Å²) in [4.78, 5) is 14.5. The maximum absolute atomic E-state index is 12.4. The smallest absolute Gasteiger partial charge is 0.182 e. The van der Waals surface area contributed by atoms with E-state index in [1.54, 1.807) is 12.1 Å². The Morgan fingerprint density at radius 1 is 1.37 bits per heavy atom. The van der Waals surface area contributed by atoms with Gasteiger partial charge in [-0.2, -0.15) is 0 Å².